The van der Waals surface area contributed by atoms with Gasteiger partial charge in [0.1, 0.15) is 6.54 Å². The molecule has 136 valence electrons. The number of anilines is 1. The molecule has 0 radical (unpaired) electrons. The molecule has 2 aromatic heterocycles. The minimum atomic E-state index is -1.09. The number of hydrogen-bond acceptors (Lipinski definition) is 6. The number of rotatable bonds is 3. The van der Waals surface area contributed by atoms with Gasteiger partial charge in [0.05, 0.1) is 12.2 Å². The molecule has 2 atom stereocenters. The van der Waals surface area contributed by atoms with Crippen molar-refractivity contribution in [3.63, 3.8) is 0 Å². The third kappa shape index (κ3) is 2.82. The fourth-order valence-corrected chi connectivity index (χ4v) is 3.30. The van der Waals surface area contributed by atoms with Crippen molar-refractivity contribution in [2.45, 2.75) is 32.6 Å². The molecule has 1 saturated heterocycles. The van der Waals surface area contributed by atoms with Crippen molar-refractivity contribution in [1.82, 2.24) is 18.7 Å². The number of aryl methyl sites for hydroxylation is 1. The maximum absolute atomic E-state index is 12.6. The first kappa shape index (κ1) is 17.2. The number of aliphatic carboxylic acids is 1. The lowest BCUT2D eigenvalue weighted by molar-refractivity contribution is -0.137. The number of nitrogens with zero attached hydrogens (tertiary/aromatic N) is 5. The molecule has 2 aromatic rings. The number of morpholine rings is 1. The summed E-state index contributed by atoms with van der Waals surface area (Å²) in [7, 11) is 2.87. The summed E-state index contributed by atoms with van der Waals surface area (Å²) in [6.07, 6.45) is -0.123. The van der Waals surface area contributed by atoms with Crippen molar-refractivity contribution in [3.8, 4) is 0 Å². The highest BCUT2D eigenvalue weighted by Crippen LogP contribution is 2.23. The van der Waals surface area contributed by atoms with Crippen LogP contribution in [0.2, 0.25) is 0 Å². The highest BCUT2D eigenvalue weighted by Gasteiger charge is 2.29. The van der Waals surface area contributed by atoms with Gasteiger partial charge in [-0.25, -0.2) is 4.79 Å². The number of carboxylic acid groups (broad SMARTS) is 1. The Bertz CT molecular complexity index is 946. The van der Waals surface area contributed by atoms with E-state index in [1.54, 1.807) is 0 Å². The maximum atomic E-state index is 12.6. The van der Waals surface area contributed by atoms with Gasteiger partial charge in [-0.1, -0.05) is 0 Å². The van der Waals surface area contributed by atoms with Crippen LogP contribution in [0.5, 0.6) is 0 Å². The van der Waals surface area contributed by atoms with E-state index in [0.717, 1.165) is 4.57 Å². The number of carbonyl (C=O) groups is 1. The van der Waals surface area contributed by atoms with Crippen molar-refractivity contribution in [1.29, 1.82) is 0 Å². The fourth-order valence-electron chi connectivity index (χ4n) is 3.30. The van der Waals surface area contributed by atoms with Gasteiger partial charge in [-0.05, 0) is 13.8 Å². The van der Waals surface area contributed by atoms with Crippen molar-refractivity contribution in [2.24, 2.45) is 14.1 Å². The fraction of sp³-hybridized carbons (Fsp3) is 0.600. The van der Waals surface area contributed by atoms with E-state index in [9.17, 15) is 19.5 Å². The molecule has 0 spiro atoms. The highest BCUT2D eigenvalue weighted by atomic mass is 16.5. The van der Waals surface area contributed by atoms with E-state index in [-0.39, 0.29) is 23.4 Å². The normalized spacial score (nSPS) is 21.0. The summed E-state index contributed by atoms with van der Waals surface area (Å²) in [4.78, 5) is 42.4. The summed E-state index contributed by atoms with van der Waals surface area (Å²) in [6, 6.07) is 0. The molecule has 0 bridgehead atoms. The molecule has 10 heteroatoms. The Balaban J connectivity index is 2.30. The SMILES string of the molecule is C[C@@H]1CN(c2nc3c(c(=O)n(C)c(=O)n3C)n2CC(=O)O)C[C@H](C)O1. The van der Waals surface area contributed by atoms with Gasteiger partial charge in [-0.15, -0.1) is 0 Å². The van der Waals surface area contributed by atoms with Crippen LogP contribution in [0.25, 0.3) is 11.2 Å². The average Bonchev–Trinajstić information content (AvgIpc) is 2.88. The van der Waals surface area contributed by atoms with Crippen LogP contribution in [-0.4, -0.2) is 55.1 Å². The molecule has 1 aliphatic heterocycles. The van der Waals surface area contributed by atoms with Crippen LogP contribution in [-0.2, 0) is 30.2 Å². The van der Waals surface area contributed by atoms with Gasteiger partial charge in [0.15, 0.2) is 11.2 Å². The molecule has 1 N–H and O–H groups in total. The first-order valence-corrected chi connectivity index (χ1v) is 7.99. The summed E-state index contributed by atoms with van der Waals surface area (Å²) in [5, 5.41) is 9.29. The number of fused-ring (bicyclic) bond motifs is 1. The van der Waals surface area contributed by atoms with Gasteiger partial charge in [-0.3, -0.25) is 23.3 Å². The zero-order valence-electron chi connectivity index (χ0n) is 14.6. The molecule has 0 aromatic carbocycles. The topological polar surface area (TPSA) is 112 Å². The number of hydrogen-bond donors (Lipinski definition) is 1. The summed E-state index contributed by atoms with van der Waals surface area (Å²) < 4.78 is 9.28. The van der Waals surface area contributed by atoms with Crippen LogP contribution < -0.4 is 16.1 Å². The molecule has 0 unspecified atom stereocenters. The molecule has 1 aliphatic rings. The van der Waals surface area contributed by atoms with E-state index in [0.29, 0.717) is 19.0 Å². The van der Waals surface area contributed by atoms with Crippen molar-refractivity contribution in [3.05, 3.63) is 20.8 Å². The van der Waals surface area contributed by atoms with E-state index < -0.39 is 23.8 Å². The zero-order valence-corrected chi connectivity index (χ0v) is 14.6. The van der Waals surface area contributed by atoms with Gasteiger partial charge in [0.25, 0.3) is 5.56 Å². The summed E-state index contributed by atoms with van der Waals surface area (Å²) in [6.45, 7) is 4.45. The summed E-state index contributed by atoms with van der Waals surface area (Å²) >= 11 is 0. The number of imidazole rings is 1. The number of ether oxygens (including phenoxy) is 1. The monoisotopic (exact) mass is 351 g/mol. The van der Waals surface area contributed by atoms with Gasteiger partial charge in [0.2, 0.25) is 5.95 Å². The first-order chi connectivity index (χ1) is 11.7. The molecule has 25 heavy (non-hydrogen) atoms. The van der Waals surface area contributed by atoms with Gasteiger partial charge in [-0.2, -0.15) is 4.98 Å². The van der Waals surface area contributed by atoms with Crippen LogP contribution >= 0.6 is 0 Å². The minimum absolute atomic E-state index is 0.0616. The Labute approximate surface area is 142 Å². The second-order valence-electron chi connectivity index (χ2n) is 6.43. The molecule has 1 fully saturated rings. The molecule has 0 aliphatic carbocycles. The van der Waals surface area contributed by atoms with Crippen LogP contribution in [0.4, 0.5) is 5.95 Å². The Morgan fingerprint density at radius 2 is 1.80 bits per heavy atom. The Kier molecular flexibility index (Phi) is 4.15. The molecule has 0 saturated carbocycles. The second kappa shape index (κ2) is 6.03. The van der Waals surface area contributed by atoms with Crippen LogP contribution in [0.15, 0.2) is 9.59 Å². The lowest BCUT2D eigenvalue weighted by atomic mass is 10.2. The third-order valence-electron chi connectivity index (χ3n) is 4.32. The smallest absolute Gasteiger partial charge is 0.332 e. The van der Waals surface area contributed by atoms with Gasteiger partial charge >= 0.3 is 11.7 Å². The summed E-state index contributed by atoms with van der Waals surface area (Å²) in [5.41, 5.74) is -0.787. The molecule has 3 rings (SSSR count). The van der Waals surface area contributed by atoms with Crippen LogP contribution in [0.1, 0.15) is 13.8 Å². The van der Waals surface area contributed by atoms with E-state index in [2.05, 4.69) is 4.98 Å². The average molecular weight is 351 g/mol. The predicted molar refractivity (Wildman–Crippen MR) is 90.1 cm³/mol. The lowest BCUT2D eigenvalue weighted by Crippen LogP contribution is -2.46. The van der Waals surface area contributed by atoms with Crippen molar-refractivity contribution >= 4 is 23.1 Å². The van der Waals surface area contributed by atoms with Crippen LogP contribution in [0.3, 0.4) is 0 Å². The lowest BCUT2D eigenvalue weighted by Gasteiger charge is -2.35. The minimum Gasteiger partial charge on any atom is -0.480 e. The quantitative estimate of drug-likeness (QED) is 0.765. The molecule has 0 amide bonds. The molecule has 10 nitrogen and oxygen atoms in total. The summed E-state index contributed by atoms with van der Waals surface area (Å²) in [5.74, 6) is -0.733. The predicted octanol–water partition coefficient (Wildman–Crippen LogP) is -0.868. The molecule has 3 heterocycles. The van der Waals surface area contributed by atoms with Crippen molar-refractivity contribution < 1.29 is 14.6 Å². The first-order valence-electron chi connectivity index (χ1n) is 7.99. The zero-order chi connectivity index (χ0) is 18.5. The second-order valence-corrected chi connectivity index (χ2v) is 6.43. The highest BCUT2D eigenvalue weighted by molar-refractivity contribution is 5.78. The largest absolute Gasteiger partial charge is 0.480 e. The Morgan fingerprint density at radius 1 is 1.20 bits per heavy atom. The van der Waals surface area contributed by atoms with Gasteiger partial charge in [0, 0.05) is 27.2 Å². The molecular weight excluding hydrogens is 330 g/mol. The number of aromatic nitrogens is 4. The van der Waals surface area contributed by atoms with E-state index in [1.165, 1.54) is 23.2 Å². The standard InChI is InChI=1S/C15H21N5O5/c1-8-5-19(6-9(2)25-8)14-16-12-11(20(14)7-10(21)22)13(23)18(4)15(24)17(12)3/h8-9H,5-7H2,1-4H3,(H,21,22)/t8-,9+. The van der Waals surface area contributed by atoms with E-state index in [4.69, 9.17) is 4.74 Å². The maximum Gasteiger partial charge on any atom is 0.332 e. The number of carboxylic acids is 1. The van der Waals surface area contributed by atoms with E-state index >= 15 is 0 Å². The van der Waals surface area contributed by atoms with Gasteiger partial charge < -0.3 is 14.7 Å². The Hall–Kier alpha value is -2.62. The van der Waals surface area contributed by atoms with Crippen LogP contribution in [0, 0.1) is 0 Å². The molecular formula is C15H21N5O5. The Morgan fingerprint density at radius 3 is 2.36 bits per heavy atom. The van der Waals surface area contributed by atoms with E-state index in [1.807, 2.05) is 18.7 Å². The third-order valence-corrected chi connectivity index (χ3v) is 4.32. The van der Waals surface area contributed by atoms with Crippen molar-refractivity contribution in [2.75, 3.05) is 18.0 Å².